The Hall–Kier alpha value is -2.47. The third kappa shape index (κ3) is 4.08. The zero-order valence-electron chi connectivity index (χ0n) is 13.7. The Morgan fingerprint density at radius 1 is 1.17 bits per heavy atom. The Bertz CT molecular complexity index is 787. The van der Waals surface area contributed by atoms with Crippen LogP contribution in [0.1, 0.15) is 5.56 Å². The van der Waals surface area contributed by atoms with Crippen molar-refractivity contribution in [1.82, 2.24) is 10.1 Å². The van der Waals surface area contributed by atoms with Gasteiger partial charge >= 0.3 is 6.01 Å². The highest BCUT2D eigenvalue weighted by Gasteiger charge is 2.09. The van der Waals surface area contributed by atoms with Gasteiger partial charge in [-0.25, -0.2) is 0 Å². The number of anilines is 1. The van der Waals surface area contributed by atoms with E-state index in [9.17, 15) is 0 Å². The zero-order valence-corrected chi connectivity index (χ0v) is 14.5. The molecule has 5 nitrogen and oxygen atoms in total. The monoisotopic (exact) mass is 341 g/mol. The summed E-state index contributed by atoms with van der Waals surface area (Å²) in [5, 5.41) is 7.17. The van der Waals surface area contributed by atoms with Crippen LogP contribution >= 0.6 is 11.8 Å². The van der Waals surface area contributed by atoms with Crippen LogP contribution in [0.25, 0.3) is 11.4 Å². The molecule has 6 heteroatoms. The number of methoxy groups -OCH3 is 1. The Kier molecular flexibility index (Phi) is 5.38. The number of thioether (sulfide) groups is 1. The first-order valence-electron chi connectivity index (χ1n) is 7.63. The normalized spacial score (nSPS) is 10.6. The number of nitrogens with zero attached hydrogens (tertiary/aromatic N) is 2. The van der Waals surface area contributed by atoms with Crippen LogP contribution in [0.2, 0.25) is 0 Å². The SMILES string of the molecule is COc1cccc(-c2noc(NCCc3ccc(SC)cc3)n2)c1. The van der Waals surface area contributed by atoms with E-state index in [0.717, 1.165) is 24.3 Å². The van der Waals surface area contributed by atoms with Crippen molar-refractivity contribution < 1.29 is 9.26 Å². The predicted molar refractivity (Wildman–Crippen MR) is 96.7 cm³/mol. The second kappa shape index (κ2) is 7.88. The maximum absolute atomic E-state index is 5.25. The highest BCUT2D eigenvalue weighted by Crippen LogP contribution is 2.22. The summed E-state index contributed by atoms with van der Waals surface area (Å²) in [5.74, 6) is 1.31. The van der Waals surface area contributed by atoms with Gasteiger partial charge in [0.2, 0.25) is 5.82 Å². The van der Waals surface area contributed by atoms with Gasteiger partial charge in [-0.1, -0.05) is 29.4 Å². The van der Waals surface area contributed by atoms with Gasteiger partial charge in [0.05, 0.1) is 7.11 Å². The molecular formula is C18H19N3O2S. The summed E-state index contributed by atoms with van der Waals surface area (Å²) in [6.45, 7) is 0.734. The van der Waals surface area contributed by atoms with E-state index in [1.165, 1.54) is 10.5 Å². The molecule has 124 valence electrons. The van der Waals surface area contributed by atoms with Gasteiger partial charge in [-0.3, -0.25) is 0 Å². The molecule has 0 unspecified atom stereocenters. The molecular weight excluding hydrogens is 322 g/mol. The van der Waals surface area contributed by atoms with E-state index in [4.69, 9.17) is 9.26 Å². The molecule has 0 saturated carbocycles. The highest BCUT2D eigenvalue weighted by atomic mass is 32.2. The average molecular weight is 341 g/mol. The number of hydrogen-bond donors (Lipinski definition) is 1. The van der Waals surface area contributed by atoms with E-state index in [-0.39, 0.29) is 0 Å². The zero-order chi connectivity index (χ0) is 16.8. The lowest BCUT2D eigenvalue weighted by Gasteiger charge is -2.03. The molecule has 1 aromatic heterocycles. The van der Waals surface area contributed by atoms with Gasteiger partial charge in [0.25, 0.3) is 0 Å². The summed E-state index contributed by atoms with van der Waals surface area (Å²) in [6, 6.07) is 16.6. The summed E-state index contributed by atoms with van der Waals surface area (Å²) in [4.78, 5) is 5.64. The third-order valence-electron chi connectivity index (χ3n) is 3.60. The molecule has 0 aliphatic rings. The fraction of sp³-hybridized carbons (Fsp3) is 0.222. The van der Waals surface area contributed by atoms with Crippen molar-refractivity contribution in [3.05, 3.63) is 54.1 Å². The first kappa shape index (κ1) is 16.4. The molecule has 1 N–H and O–H groups in total. The van der Waals surface area contributed by atoms with Crippen molar-refractivity contribution in [1.29, 1.82) is 0 Å². The van der Waals surface area contributed by atoms with Crippen LogP contribution in [0.4, 0.5) is 6.01 Å². The van der Waals surface area contributed by atoms with Crippen molar-refractivity contribution in [3.8, 4) is 17.1 Å². The van der Waals surface area contributed by atoms with Gasteiger partial charge in [0, 0.05) is 17.0 Å². The first-order valence-corrected chi connectivity index (χ1v) is 8.86. The lowest BCUT2D eigenvalue weighted by atomic mass is 10.1. The molecule has 0 saturated heterocycles. The molecule has 24 heavy (non-hydrogen) atoms. The molecule has 0 bridgehead atoms. The highest BCUT2D eigenvalue weighted by molar-refractivity contribution is 7.98. The van der Waals surface area contributed by atoms with E-state index in [2.05, 4.69) is 46.0 Å². The van der Waals surface area contributed by atoms with Crippen LogP contribution in [0.3, 0.4) is 0 Å². The lowest BCUT2D eigenvalue weighted by molar-refractivity contribution is 0.414. The number of rotatable bonds is 7. The Labute approximate surface area is 145 Å². The maximum Gasteiger partial charge on any atom is 0.321 e. The smallest absolute Gasteiger partial charge is 0.321 e. The van der Waals surface area contributed by atoms with Crippen LogP contribution in [-0.4, -0.2) is 30.1 Å². The van der Waals surface area contributed by atoms with E-state index in [1.807, 2.05) is 24.3 Å². The number of aromatic nitrogens is 2. The maximum atomic E-state index is 5.25. The van der Waals surface area contributed by atoms with Crippen molar-refractivity contribution in [2.75, 3.05) is 25.2 Å². The molecule has 3 aromatic rings. The van der Waals surface area contributed by atoms with Gasteiger partial charge in [-0.05, 0) is 42.5 Å². The van der Waals surface area contributed by atoms with Crippen molar-refractivity contribution in [2.45, 2.75) is 11.3 Å². The van der Waals surface area contributed by atoms with Crippen LogP contribution in [0.5, 0.6) is 5.75 Å². The average Bonchev–Trinajstić information content (AvgIpc) is 3.11. The van der Waals surface area contributed by atoms with Crippen molar-refractivity contribution >= 4 is 17.8 Å². The minimum absolute atomic E-state index is 0.425. The molecule has 0 atom stereocenters. The van der Waals surface area contributed by atoms with Crippen molar-refractivity contribution in [3.63, 3.8) is 0 Å². The fourth-order valence-electron chi connectivity index (χ4n) is 2.28. The Morgan fingerprint density at radius 3 is 2.75 bits per heavy atom. The standard InChI is InChI=1S/C18H19N3O2S/c1-22-15-5-3-4-14(12-15)17-20-18(23-21-17)19-11-10-13-6-8-16(24-2)9-7-13/h3-9,12H,10-11H2,1-2H3,(H,19,20,21). The number of benzene rings is 2. The van der Waals surface area contributed by atoms with Gasteiger partial charge in [0.15, 0.2) is 0 Å². The molecule has 0 aliphatic heterocycles. The molecule has 2 aromatic carbocycles. The molecule has 0 radical (unpaired) electrons. The number of ether oxygens (including phenoxy) is 1. The van der Waals surface area contributed by atoms with Gasteiger partial charge < -0.3 is 14.6 Å². The van der Waals surface area contributed by atoms with Crippen LogP contribution in [0, 0.1) is 0 Å². The number of hydrogen-bond acceptors (Lipinski definition) is 6. The summed E-state index contributed by atoms with van der Waals surface area (Å²) in [7, 11) is 1.63. The van der Waals surface area contributed by atoms with E-state index in [0.29, 0.717) is 11.8 Å². The molecule has 0 spiro atoms. The minimum Gasteiger partial charge on any atom is -0.497 e. The topological polar surface area (TPSA) is 60.2 Å². The van der Waals surface area contributed by atoms with E-state index < -0.39 is 0 Å². The minimum atomic E-state index is 0.425. The second-order valence-corrected chi connectivity index (χ2v) is 6.06. The summed E-state index contributed by atoms with van der Waals surface area (Å²) < 4.78 is 10.5. The van der Waals surface area contributed by atoms with Crippen LogP contribution in [0.15, 0.2) is 57.9 Å². The largest absolute Gasteiger partial charge is 0.497 e. The lowest BCUT2D eigenvalue weighted by Crippen LogP contribution is -2.04. The Balaban J connectivity index is 1.57. The van der Waals surface area contributed by atoms with Gasteiger partial charge in [-0.2, -0.15) is 4.98 Å². The molecule has 0 fully saturated rings. The van der Waals surface area contributed by atoms with E-state index in [1.54, 1.807) is 18.9 Å². The Morgan fingerprint density at radius 2 is 2.00 bits per heavy atom. The van der Waals surface area contributed by atoms with Crippen LogP contribution < -0.4 is 10.1 Å². The second-order valence-electron chi connectivity index (χ2n) is 5.18. The fourth-order valence-corrected chi connectivity index (χ4v) is 2.69. The molecule has 0 aliphatic carbocycles. The summed E-state index contributed by atoms with van der Waals surface area (Å²) in [5.41, 5.74) is 2.13. The molecule has 3 rings (SSSR count). The van der Waals surface area contributed by atoms with E-state index >= 15 is 0 Å². The quantitative estimate of drug-likeness (QED) is 0.652. The molecule has 1 heterocycles. The van der Waals surface area contributed by atoms with Crippen molar-refractivity contribution in [2.24, 2.45) is 0 Å². The predicted octanol–water partition coefficient (Wildman–Crippen LogP) is 4.12. The van der Waals surface area contributed by atoms with Gasteiger partial charge in [0.1, 0.15) is 5.75 Å². The number of nitrogens with one attached hydrogen (secondary N) is 1. The van der Waals surface area contributed by atoms with Crippen LogP contribution in [-0.2, 0) is 6.42 Å². The summed E-state index contributed by atoms with van der Waals surface area (Å²) in [6.07, 6.45) is 2.97. The summed E-state index contributed by atoms with van der Waals surface area (Å²) >= 11 is 1.74. The van der Waals surface area contributed by atoms with Gasteiger partial charge in [-0.15, -0.1) is 11.8 Å². The third-order valence-corrected chi connectivity index (χ3v) is 4.35. The first-order chi connectivity index (χ1) is 11.8. The molecule has 0 amide bonds.